The van der Waals surface area contributed by atoms with Crippen LogP contribution in [0.1, 0.15) is 29.7 Å². The summed E-state index contributed by atoms with van der Waals surface area (Å²) in [4.78, 5) is 10.9. The molecule has 1 saturated heterocycles. The van der Waals surface area contributed by atoms with Crippen molar-refractivity contribution >= 4 is 5.91 Å². The fourth-order valence-electron chi connectivity index (χ4n) is 1.84. The summed E-state index contributed by atoms with van der Waals surface area (Å²) in [6.45, 7) is 3.67. The summed E-state index contributed by atoms with van der Waals surface area (Å²) >= 11 is 0. The summed E-state index contributed by atoms with van der Waals surface area (Å²) in [5.74, 6) is 0.0433. The van der Waals surface area contributed by atoms with Crippen molar-refractivity contribution in [1.82, 2.24) is 9.78 Å². The number of primary amides is 1. The molecule has 1 fully saturated rings. The molecule has 0 bridgehead atoms. The van der Waals surface area contributed by atoms with Crippen molar-refractivity contribution in [2.24, 2.45) is 11.7 Å². The van der Waals surface area contributed by atoms with Gasteiger partial charge in [-0.1, -0.05) is 0 Å². The van der Waals surface area contributed by atoms with Gasteiger partial charge in [0.2, 0.25) is 0 Å². The highest BCUT2D eigenvalue weighted by Crippen LogP contribution is 2.25. The van der Waals surface area contributed by atoms with Crippen LogP contribution in [0.4, 0.5) is 0 Å². The van der Waals surface area contributed by atoms with Gasteiger partial charge in [0.1, 0.15) is 0 Å². The van der Waals surface area contributed by atoms with E-state index in [4.69, 9.17) is 10.5 Å². The molecule has 2 rings (SSSR count). The van der Waals surface area contributed by atoms with E-state index in [-0.39, 0.29) is 6.04 Å². The Morgan fingerprint density at radius 3 is 3.13 bits per heavy atom. The van der Waals surface area contributed by atoms with Gasteiger partial charge in [-0.2, -0.15) is 5.10 Å². The zero-order valence-corrected chi connectivity index (χ0v) is 8.72. The Kier molecular flexibility index (Phi) is 2.73. The molecular weight excluding hydrogens is 194 g/mol. The third kappa shape index (κ3) is 2.02. The normalized spacial score (nSPS) is 22.9. The highest BCUT2D eigenvalue weighted by Gasteiger charge is 2.24. The zero-order valence-electron chi connectivity index (χ0n) is 8.72. The van der Waals surface area contributed by atoms with Gasteiger partial charge in [-0.3, -0.25) is 9.48 Å². The van der Waals surface area contributed by atoms with Crippen molar-refractivity contribution in [1.29, 1.82) is 0 Å². The lowest BCUT2D eigenvalue weighted by Crippen LogP contribution is -2.17. The number of rotatable bonds is 3. The van der Waals surface area contributed by atoms with E-state index in [0.717, 1.165) is 19.6 Å². The van der Waals surface area contributed by atoms with Gasteiger partial charge in [0.05, 0.1) is 24.4 Å². The summed E-state index contributed by atoms with van der Waals surface area (Å²) in [6.07, 6.45) is 4.26. The first-order valence-corrected chi connectivity index (χ1v) is 5.10. The highest BCUT2D eigenvalue weighted by atomic mass is 16.5. The van der Waals surface area contributed by atoms with Crippen LogP contribution in [0.5, 0.6) is 0 Å². The molecule has 2 unspecified atom stereocenters. The molecule has 0 aromatic carbocycles. The maximum absolute atomic E-state index is 10.9. The maximum Gasteiger partial charge on any atom is 0.251 e. The van der Waals surface area contributed by atoms with Crippen molar-refractivity contribution < 1.29 is 9.53 Å². The largest absolute Gasteiger partial charge is 0.381 e. The lowest BCUT2D eigenvalue weighted by atomic mass is 10.0. The molecule has 1 aliphatic heterocycles. The number of hydrogen-bond acceptors (Lipinski definition) is 3. The molecule has 1 aromatic rings. The monoisotopic (exact) mass is 209 g/mol. The lowest BCUT2D eigenvalue weighted by Gasteiger charge is -2.17. The van der Waals surface area contributed by atoms with Crippen LogP contribution < -0.4 is 5.73 Å². The minimum absolute atomic E-state index is 0.251. The smallest absolute Gasteiger partial charge is 0.251 e. The first-order valence-electron chi connectivity index (χ1n) is 5.10. The van der Waals surface area contributed by atoms with Crippen molar-refractivity contribution in [2.75, 3.05) is 13.2 Å². The third-order valence-electron chi connectivity index (χ3n) is 2.95. The number of hydrogen-bond donors (Lipinski definition) is 1. The second-order valence-corrected chi connectivity index (χ2v) is 3.94. The summed E-state index contributed by atoms with van der Waals surface area (Å²) in [7, 11) is 0. The van der Waals surface area contributed by atoms with Gasteiger partial charge in [0.25, 0.3) is 5.91 Å². The minimum atomic E-state index is -0.434. The second-order valence-electron chi connectivity index (χ2n) is 3.94. The number of nitrogens with two attached hydrogens (primary N) is 1. The predicted octanol–water partition coefficient (Wildman–Crippen LogP) is 0.580. The Morgan fingerprint density at radius 2 is 2.60 bits per heavy atom. The van der Waals surface area contributed by atoms with Gasteiger partial charge in [-0.15, -0.1) is 0 Å². The van der Waals surface area contributed by atoms with Crippen LogP contribution in [0.15, 0.2) is 12.4 Å². The fraction of sp³-hybridized carbons (Fsp3) is 0.600. The van der Waals surface area contributed by atoms with E-state index >= 15 is 0 Å². The van der Waals surface area contributed by atoms with Crippen LogP contribution in [0.2, 0.25) is 0 Å². The fourth-order valence-corrected chi connectivity index (χ4v) is 1.84. The maximum atomic E-state index is 10.9. The quantitative estimate of drug-likeness (QED) is 0.791. The van der Waals surface area contributed by atoms with Gasteiger partial charge in [0.15, 0.2) is 0 Å². The van der Waals surface area contributed by atoms with Gasteiger partial charge >= 0.3 is 0 Å². The molecule has 0 saturated carbocycles. The third-order valence-corrected chi connectivity index (χ3v) is 2.95. The predicted molar refractivity (Wildman–Crippen MR) is 54.4 cm³/mol. The molecular formula is C10H15N3O2. The topological polar surface area (TPSA) is 70.1 Å². The van der Waals surface area contributed by atoms with Crippen LogP contribution in [0.3, 0.4) is 0 Å². The highest BCUT2D eigenvalue weighted by molar-refractivity contribution is 5.92. The number of carbonyl (C=O) groups excluding carboxylic acids is 1. The van der Waals surface area contributed by atoms with Crippen molar-refractivity contribution in [3.63, 3.8) is 0 Å². The van der Waals surface area contributed by atoms with E-state index in [9.17, 15) is 4.79 Å². The minimum Gasteiger partial charge on any atom is -0.381 e. The van der Waals surface area contributed by atoms with Crippen LogP contribution in [-0.4, -0.2) is 28.9 Å². The second kappa shape index (κ2) is 4.02. The standard InChI is InChI=1S/C10H15N3O2/c1-7(8-2-3-15-6-8)13-5-9(4-12-13)10(11)14/h4-5,7-8H,2-3,6H2,1H3,(H2,11,14). The molecule has 5 heteroatoms. The molecule has 0 aliphatic carbocycles. The van der Waals surface area contributed by atoms with Gasteiger partial charge in [-0.25, -0.2) is 0 Å². The Hall–Kier alpha value is -1.36. The number of aromatic nitrogens is 2. The van der Waals surface area contributed by atoms with Crippen molar-refractivity contribution in [3.8, 4) is 0 Å². The SMILES string of the molecule is CC(C1CCOC1)n1cc(C(N)=O)cn1. The van der Waals surface area contributed by atoms with E-state index in [1.54, 1.807) is 10.9 Å². The van der Waals surface area contributed by atoms with E-state index in [0.29, 0.717) is 11.5 Å². The van der Waals surface area contributed by atoms with Crippen molar-refractivity contribution in [2.45, 2.75) is 19.4 Å². The van der Waals surface area contributed by atoms with E-state index in [1.165, 1.54) is 6.20 Å². The number of ether oxygens (including phenoxy) is 1. The number of nitrogens with zero attached hydrogens (tertiary/aromatic N) is 2. The summed E-state index contributed by atoms with van der Waals surface area (Å²) < 4.78 is 7.11. The summed E-state index contributed by atoms with van der Waals surface area (Å²) in [6, 6.07) is 0.251. The Bertz CT molecular complexity index is 355. The van der Waals surface area contributed by atoms with Crippen LogP contribution >= 0.6 is 0 Å². The molecule has 1 amide bonds. The molecule has 0 spiro atoms. The van der Waals surface area contributed by atoms with E-state index in [2.05, 4.69) is 12.0 Å². The average molecular weight is 209 g/mol. The molecule has 82 valence electrons. The first-order chi connectivity index (χ1) is 7.18. The molecule has 15 heavy (non-hydrogen) atoms. The van der Waals surface area contributed by atoms with Gasteiger partial charge in [0, 0.05) is 18.7 Å². The van der Waals surface area contributed by atoms with Crippen LogP contribution in [0.25, 0.3) is 0 Å². The van der Waals surface area contributed by atoms with E-state index in [1.807, 2.05) is 0 Å². The Labute approximate surface area is 88.2 Å². The molecule has 1 aromatic heterocycles. The first kappa shape index (κ1) is 10.2. The number of carbonyl (C=O) groups is 1. The molecule has 5 nitrogen and oxygen atoms in total. The zero-order chi connectivity index (χ0) is 10.8. The lowest BCUT2D eigenvalue weighted by molar-refractivity contribution is 0.1000. The molecule has 1 aliphatic rings. The summed E-state index contributed by atoms with van der Waals surface area (Å²) in [5, 5.41) is 4.14. The van der Waals surface area contributed by atoms with Crippen molar-refractivity contribution in [3.05, 3.63) is 18.0 Å². The Morgan fingerprint density at radius 1 is 1.80 bits per heavy atom. The van der Waals surface area contributed by atoms with Gasteiger partial charge in [-0.05, 0) is 13.3 Å². The van der Waals surface area contributed by atoms with Gasteiger partial charge < -0.3 is 10.5 Å². The number of amides is 1. The average Bonchev–Trinajstić information content (AvgIpc) is 2.88. The molecule has 2 atom stereocenters. The molecule has 2 N–H and O–H groups in total. The van der Waals surface area contributed by atoms with E-state index < -0.39 is 5.91 Å². The van der Waals surface area contributed by atoms with Crippen LogP contribution in [0, 0.1) is 5.92 Å². The Balaban J connectivity index is 2.10. The molecule has 0 radical (unpaired) electrons. The molecule has 2 heterocycles. The summed E-state index contributed by atoms with van der Waals surface area (Å²) in [5.41, 5.74) is 5.62. The van der Waals surface area contributed by atoms with Crippen LogP contribution in [-0.2, 0) is 4.74 Å².